The molecule has 0 fully saturated rings. The van der Waals surface area contributed by atoms with E-state index >= 15 is 0 Å². The van der Waals surface area contributed by atoms with Crippen LogP contribution < -0.4 is 4.74 Å². The van der Waals surface area contributed by atoms with E-state index in [-0.39, 0.29) is 17.3 Å². The van der Waals surface area contributed by atoms with E-state index in [2.05, 4.69) is 0 Å². The Morgan fingerprint density at radius 1 is 1.06 bits per heavy atom. The summed E-state index contributed by atoms with van der Waals surface area (Å²) in [6, 6.07) is 17.4. The van der Waals surface area contributed by atoms with Crippen LogP contribution >= 0.6 is 0 Å². The number of imide groups is 1. The number of nitriles is 1. The number of hydrogen-bond donors (Lipinski definition) is 0. The van der Waals surface area contributed by atoms with Crippen LogP contribution in [-0.2, 0) is 9.59 Å². The van der Waals surface area contributed by atoms with Crippen molar-refractivity contribution in [1.82, 2.24) is 14.7 Å². The third kappa shape index (κ3) is 4.51. The largest absolute Gasteiger partial charge is 0.491 e. The van der Waals surface area contributed by atoms with Crippen LogP contribution in [0.3, 0.4) is 0 Å². The quantitative estimate of drug-likeness (QED) is 0.396. The molecule has 4 rings (SSSR count). The first-order chi connectivity index (χ1) is 16.7. The summed E-state index contributed by atoms with van der Waals surface area (Å²) in [7, 11) is 1.38. The first-order valence-electron chi connectivity index (χ1n) is 11.3. The Morgan fingerprint density at radius 2 is 1.77 bits per heavy atom. The van der Waals surface area contributed by atoms with Gasteiger partial charge in [0.05, 0.1) is 17.5 Å². The molecule has 1 aromatic heterocycles. The number of para-hydroxylation sites is 1. The number of hydrogen-bond acceptors (Lipinski definition) is 5. The van der Waals surface area contributed by atoms with Gasteiger partial charge in [-0.1, -0.05) is 18.2 Å². The van der Waals surface area contributed by atoms with Gasteiger partial charge in [0.2, 0.25) is 0 Å². The van der Waals surface area contributed by atoms with Crippen LogP contribution in [0.1, 0.15) is 31.9 Å². The lowest BCUT2D eigenvalue weighted by molar-refractivity contribution is -0.138. The van der Waals surface area contributed by atoms with Gasteiger partial charge < -0.3 is 4.74 Å². The van der Waals surface area contributed by atoms with Gasteiger partial charge in [0.15, 0.2) is 0 Å². The van der Waals surface area contributed by atoms with E-state index in [9.17, 15) is 14.9 Å². The summed E-state index contributed by atoms with van der Waals surface area (Å²) in [5.41, 5.74) is 4.64. The normalized spacial score (nSPS) is 15.2. The third-order valence-electron chi connectivity index (χ3n) is 5.82. The van der Waals surface area contributed by atoms with Crippen LogP contribution in [-0.4, -0.2) is 39.6 Å². The maximum absolute atomic E-state index is 13.0. The van der Waals surface area contributed by atoms with Gasteiger partial charge in [-0.2, -0.15) is 10.4 Å². The lowest BCUT2D eigenvalue weighted by Crippen LogP contribution is -2.39. The van der Waals surface area contributed by atoms with Gasteiger partial charge in [-0.15, -0.1) is 0 Å². The van der Waals surface area contributed by atoms with Gasteiger partial charge in [-0.05, 0) is 75.2 Å². The van der Waals surface area contributed by atoms with Crippen molar-refractivity contribution in [2.75, 3.05) is 7.05 Å². The molecule has 2 amide bonds. The molecule has 7 heteroatoms. The molecule has 2 aromatic carbocycles. The molecule has 35 heavy (non-hydrogen) atoms. The number of benzene rings is 2. The predicted octanol–water partition coefficient (Wildman–Crippen LogP) is 4.86. The Hall–Kier alpha value is -4.44. The number of likely N-dealkylation sites (N-methyl/N-ethyl adjacent to an activating group) is 1. The van der Waals surface area contributed by atoms with Gasteiger partial charge in [0.1, 0.15) is 17.4 Å². The second-order valence-corrected chi connectivity index (χ2v) is 8.70. The fourth-order valence-corrected chi connectivity index (χ4v) is 3.97. The first-order valence-corrected chi connectivity index (χ1v) is 11.3. The van der Waals surface area contributed by atoms with Gasteiger partial charge in [-0.3, -0.25) is 14.5 Å². The molecule has 0 aliphatic carbocycles. The highest BCUT2D eigenvalue weighted by Crippen LogP contribution is 2.32. The van der Waals surface area contributed by atoms with Gasteiger partial charge in [0, 0.05) is 29.9 Å². The van der Waals surface area contributed by atoms with Gasteiger partial charge in [-0.25, -0.2) is 4.68 Å². The lowest BCUT2D eigenvalue weighted by atomic mass is 9.93. The predicted molar refractivity (Wildman–Crippen MR) is 134 cm³/mol. The van der Waals surface area contributed by atoms with E-state index in [1.54, 1.807) is 17.7 Å². The summed E-state index contributed by atoms with van der Waals surface area (Å²) < 4.78 is 7.63. The molecule has 0 unspecified atom stereocenters. The molecule has 1 aliphatic rings. The highest BCUT2D eigenvalue weighted by atomic mass is 16.5. The van der Waals surface area contributed by atoms with Crippen LogP contribution in [0.4, 0.5) is 0 Å². The van der Waals surface area contributed by atoms with E-state index < -0.39 is 11.8 Å². The Bertz CT molecular complexity index is 1420. The summed E-state index contributed by atoms with van der Waals surface area (Å²) in [5, 5.41) is 14.3. The number of aromatic nitrogens is 2. The molecular weight excluding hydrogens is 440 g/mol. The molecular formula is C28H26N4O3. The SMILES string of the molecule is CC1=C(C#N)C(=O)N(C)C(=O)/C1=C/c1cn(-c2ccccc2)nc1-c1ccc(OC(C)C)c(C)c1. The minimum Gasteiger partial charge on any atom is -0.491 e. The summed E-state index contributed by atoms with van der Waals surface area (Å²) in [5.74, 6) is -0.253. The molecule has 0 radical (unpaired) electrons. The number of carbonyl (C=O) groups is 2. The van der Waals surface area contributed by atoms with Crippen molar-refractivity contribution in [2.45, 2.75) is 33.8 Å². The summed E-state index contributed by atoms with van der Waals surface area (Å²) in [6.45, 7) is 7.56. The minimum atomic E-state index is -0.594. The van der Waals surface area contributed by atoms with Gasteiger partial charge in [0.25, 0.3) is 11.8 Å². The summed E-state index contributed by atoms with van der Waals surface area (Å²) in [6.07, 6.45) is 3.60. The maximum atomic E-state index is 13.0. The van der Waals surface area contributed by atoms with Crippen LogP contribution in [0, 0.1) is 18.3 Å². The number of carbonyl (C=O) groups excluding carboxylic acids is 2. The fraction of sp³-hybridized carbons (Fsp3) is 0.214. The average molecular weight is 467 g/mol. The zero-order valence-electron chi connectivity index (χ0n) is 20.4. The zero-order chi connectivity index (χ0) is 25.3. The molecule has 0 atom stereocenters. The number of amides is 2. The van der Waals surface area contributed by atoms with Crippen molar-refractivity contribution in [1.29, 1.82) is 5.26 Å². The Labute approximate surface area is 204 Å². The molecule has 0 bridgehead atoms. The van der Waals surface area contributed by atoms with Crippen molar-refractivity contribution >= 4 is 17.9 Å². The Kier molecular flexibility index (Phi) is 6.39. The van der Waals surface area contributed by atoms with Crippen LogP contribution in [0.2, 0.25) is 0 Å². The molecule has 176 valence electrons. The molecule has 0 N–H and O–H groups in total. The van der Waals surface area contributed by atoms with Crippen molar-refractivity contribution < 1.29 is 14.3 Å². The van der Waals surface area contributed by atoms with Crippen molar-refractivity contribution in [3.05, 3.63) is 82.6 Å². The fourth-order valence-electron chi connectivity index (χ4n) is 3.97. The number of aryl methyl sites for hydroxylation is 1. The number of nitrogens with zero attached hydrogens (tertiary/aromatic N) is 4. The topological polar surface area (TPSA) is 88.2 Å². The maximum Gasteiger partial charge on any atom is 0.271 e. The lowest BCUT2D eigenvalue weighted by Gasteiger charge is -2.23. The number of rotatable bonds is 5. The number of ether oxygens (including phenoxy) is 1. The van der Waals surface area contributed by atoms with Crippen molar-refractivity contribution in [2.24, 2.45) is 0 Å². The molecule has 1 aliphatic heterocycles. The van der Waals surface area contributed by atoms with Crippen molar-refractivity contribution in [3.8, 4) is 28.8 Å². The van der Waals surface area contributed by atoms with E-state index in [1.165, 1.54) is 7.05 Å². The smallest absolute Gasteiger partial charge is 0.271 e. The molecule has 0 saturated heterocycles. The summed E-state index contributed by atoms with van der Waals surface area (Å²) in [4.78, 5) is 26.3. The zero-order valence-corrected chi connectivity index (χ0v) is 20.4. The van der Waals surface area contributed by atoms with E-state index in [0.29, 0.717) is 16.8 Å². The molecule has 3 aromatic rings. The molecule has 0 saturated carbocycles. The van der Waals surface area contributed by atoms with Gasteiger partial charge >= 0.3 is 0 Å². The van der Waals surface area contributed by atoms with Crippen LogP contribution in [0.15, 0.2) is 71.4 Å². The van der Waals surface area contributed by atoms with E-state index in [1.807, 2.05) is 81.6 Å². The van der Waals surface area contributed by atoms with Crippen LogP contribution in [0.25, 0.3) is 23.0 Å². The Morgan fingerprint density at radius 3 is 2.40 bits per heavy atom. The molecule has 0 spiro atoms. The standard InChI is InChI=1S/C28H26N4O3/c1-17(2)35-25-12-11-20(13-18(25)3)26-21(16-32(30-26)22-9-7-6-8-10-22)14-23-19(4)24(15-29)28(34)31(5)27(23)33/h6-14,16-17H,1-5H3/b23-14+. The highest BCUT2D eigenvalue weighted by molar-refractivity contribution is 6.19. The monoisotopic (exact) mass is 466 g/mol. The summed E-state index contributed by atoms with van der Waals surface area (Å²) >= 11 is 0. The average Bonchev–Trinajstić information content (AvgIpc) is 3.26. The minimum absolute atomic E-state index is 0.0404. The second kappa shape index (κ2) is 9.43. The first kappa shape index (κ1) is 23.7. The third-order valence-corrected chi connectivity index (χ3v) is 5.82. The molecule has 2 heterocycles. The van der Waals surface area contributed by atoms with Crippen LogP contribution in [0.5, 0.6) is 5.75 Å². The molecule has 7 nitrogen and oxygen atoms in total. The van der Waals surface area contributed by atoms with Crippen molar-refractivity contribution in [3.63, 3.8) is 0 Å². The van der Waals surface area contributed by atoms with E-state index in [0.717, 1.165) is 27.5 Å². The van der Waals surface area contributed by atoms with E-state index in [4.69, 9.17) is 9.84 Å². The Balaban J connectivity index is 1.91. The second-order valence-electron chi connectivity index (χ2n) is 8.70. The highest BCUT2D eigenvalue weighted by Gasteiger charge is 2.33.